The van der Waals surface area contributed by atoms with Crippen molar-refractivity contribution in [3.05, 3.63) is 60.3 Å². The second kappa shape index (κ2) is 11.1. The Morgan fingerprint density at radius 1 is 0.971 bits per heavy atom. The van der Waals surface area contributed by atoms with E-state index in [0.717, 1.165) is 12.6 Å². The third-order valence-corrected chi connectivity index (χ3v) is 4.83. The van der Waals surface area contributed by atoms with Crippen molar-refractivity contribution in [2.75, 3.05) is 17.2 Å². The second-order valence-electron chi connectivity index (χ2n) is 8.27. The maximum Gasteiger partial charge on any atom is 0.421 e. The first kappa shape index (κ1) is 25.1. The van der Waals surface area contributed by atoms with Crippen LogP contribution in [0.3, 0.4) is 0 Å². The fraction of sp³-hybridized carbons (Fsp3) is 0.360. The highest BCUT2D eigenvalue weighted by Gasteiger charge is 2.35. The number of ether oxygens (including phenoxy) is 2. The summed E-state index contributed by atoms with van der Waals surface area (Å²) in [4.78, 5) is 7.97. The van der Waals surface area contributed by atoms with Gasteiger partial charge in [0.2, 0.25) is 5.95 Å². The number of para-hydroxylation sites is 2. The lowest BCUT2D eigenvalue weighted by Gasteiger charge is -2.17. The summed E-state index contributed by atoms with van der Waals surface area (Å²) in [5.74, 6) is 1.05. The van der Waals surface area contributed by atoms with Crippen molar-refractivity contribution in [3.8, 4) is 11.5 Å². The molecule has 0 saturated carbocycles. The van der Waals surface area contributed by atoms with Gasteiger partial charge >= 0.3 is 6.18 Å². The van der Waals surface area contributed by atoms with Gasteiger partial charge < -0.3 is 20.1 Å². The summed E-state index contributed by atoms with van der Waals surface area (Å²) in [6.45, 7) is 8.41. The molecule has 3 aromatic rings. The van der Waals surface area contributed by atoms with E-state index in [9.17, 15) is 13.2 Å². The van der Waals surface area contributed by atoms with Gasteiger partial charge in [-0.3, -0.25) is 0 Å². The number of nitrogens with one attached hydrogen (secondary N) is 2. The molecule has 3 rings (SSSR count). The zero-order chi connectivity index (χ0) is 24.7. The van der Waals surface area contributed by atoms with Gasteiger partial charge in [0.05, 0.1) is 18.4 Å². The van der Waals surface area contributed by atoms with Crippen LogP contribution in [0.25, 0.3) is 0 Å². The molecule has 2 aromatic carbocycles. The SMILES string of the molecule is CCC(C)Oc1ccc(Nc2ncc(C(F)(F)F)c(Nc3ccccc3OCC(C)C)n2)cc1. The van der Waals surface area contributed by atoms with E-state index in [1.54, 1.807) is 48.5 Å². The average Bonchev–Trinajstić information content (AvgIpc) is 2.79. The number of anilines is 4. The fourth-order valence-corrected chi connectivity index (χ4v) is 2.89. The molecular formula is C25H29F3N4O2. The smallest absolute Gasteiger partial charge is 0.421 e. The van der Waals surface area contributed by atoms with Crippen LogP contribution in [-0.2, 0) is 6.18 Å². The standard InChI is InChI=1S/C25H29F3N4O2/c1-5-17(4)34-19-12-10-18(11-13-19)30-24-29-14-20(25(26,27)28)23(32-24)31-21-8-6-7-9-22(21)33-15-16(2)3/h6-14,16-17H,5,15H2,1-4H3,(H2,29,30,31,32). The largest absolute Gasteiger partial charge is 0.491 e. The summed E-state index contributed by atoms with van der Waals surface area (Å²) in [6, 6.07) is 13.9. The minimum Gasteiger partial charge on any atom is -0.491 e. The summed E-state index contributed by atoms with van der Waals surface area (Å²) >= 11 is 0. The van der Waals surface area contributed by atoms with Crippen LogP contribution in [0, 0.1) is 5.92 Å². The monoisotopic (exact) mass is 474 g/mol. The molecule has 0 fully saturated rings. The van der Waals surface area contributed by atoms with Crippen molar-refractivity contribution in [3.63, 3.8) is 0 Å². The number of hydrogen-bond acceptors (Lipinski definition) is 6. The first-order chi connectivity index (χ1) is 16.2. The van der Waals surface area contributed by atoms with Crippen LogP contribution in [0.5, 0.6) is 11.5 Å². The van der Waals surface area contributed by atoms with Crippen molar-refractivity contribution in [2.24, 2.45) is 5.92 Å². The topological polar surface area (TPSA) is 68.3 Å². The molecule has 0 amide bonds. The number of halogens is 3. The fourth-order valence-electron chi connectivity index (χ4n) is 2.89. The molecule has 0 bridgehead atoms. The van der Waals surface area contributed by atoms with Crippen LogP contribution in [-0.4, -0.2) is 22.7 Å². The number of rotatable bonds is 10. The van der Waals surface area contributed by atoms with E-state index >= 15 is 0 Å². The van der Waals surface area contributed by atoms with E-state index in [-0.39, 0.29) is 23.8 Å². The maximum absolute atomic E-state index is 13.7. The van der Waals surface area contributed by atoms with Gasteiger partial charge in [0.1, 0.15) is 22.9 Å². The predicted octanol–water partition coefficient (Wildman–Crippen LogP) is 7.19. The predicted molar refractivity (Wildman–Crippen MR) is 127 cm³/mol. The number of hydrogen-bond donors (Lipinski definition) is 2. The first-order valence-corrected chi connectivity index (χ1v) is 11.1. The molecule has 0 aliphatic carbocycles. The van der Waals surface area contributed by atoms with Gasteiger partial charge in [-0.05, 0) is 55.7 Å². The minimum atomic E-state index is -4.64. The summed E-state index contributed by atoms with van der Waals surface area (Å²) in [5, 5.41) is 5.72. The second-order valence-corrected chi connectivity index (χ2v) is 8.27. The maximum atomic E-state index is 13.7. The minimum absolute atomic E-state index is 0.0201. The molecule has 9 heteroatoms. The summed E-state index contributed by atoms with van der Waals surface area (Å²) in [5.41, 5.74) is 0.0155. The lowest BCUT2D eigenvalue weighted by Crippen LogP contribution is -2.13. The highest BCUT2D eigenvalue weighted by atomic mass is 19.4. The van der Waals surface area contributed by atoms with Crippen molar-refractivity contribution >= 4 is 23.1 Å². The Morgan fingerprint density at radius 2 is 1.68 bits per heavy atom. The van der Waals surface area contributed by atoms with Crippen LogP contribution in [0.4, 0.5) is 36.3 Å². The third-order valence-electron chi connectivity index (χ3n) is 4.83. The van der Waals surface area contributed by atoms with Crippen LogP contribution in [0.15, 0.2) is 54.7 Å². The van der Waals surface area contributed by atoms with Crippen molar-refractivity contribution in [1.82, 2.24) is 9.97 Å². The molecule has 34 heavy (non-hydrogen) atoms. The van der Waals surface area contributed by atoms with Gasteiger partial charge in [0, 0.05) is 11.9 Å². The van der Waals surface area contributed by atoms with E-state index in [1.807, 2.05) is 27.7 Å². The molecule has 0 aliphatic rings. The van der Waals surface area contributed by atoms with E-state index in [1.165, 1.54) is 0 Å². The molecule has 182 valence electrons. The van der Waals surface area contributed by atoms with Crippen LogP contribution in [0.1, 0.15) is 39.7 Å². The highest BCUT2D eigenvalue weighted by molar-refractivity contribution is 5.67. The van der Waals surface area contributed by atoms with Gasteiger partial charge in [0.15, 0.2) is 0 Å². The van der Waals surface area contributed by atoms with Gasteiger partial charge in [-0.1, -0.05) is 32.9 Å². The third kappa shape index (κ3) is 7.00. The Kier molecular flexibility index (Phi) is 8.20. The van der Waals surface area contributed by atoms with E-state index in [2.05, 4.69) is 20.6 Å². The molecule has 1 heterocycles. The van der Waals surface area contributed by atoms with E-state index in [0.29, 0.717) is 29.5 Å². The Hall–Kier alpha value is -3.49. The molecule has 1 aromatic heterocycles. The summed E-state index contributed by atoms with van der Waals surface area (Å²) in [7, 11) is 0. The van der Waals surface area contributed by atoms with Crippen LogP contribution in [0.2, 0.25) is 0 Å². The summed E-state index contributed by atoms with van der Waals surface area (Å²) < 4.78 is 52.5. The zero-order valence-corrected chi connectivity index (χ0v) is 19.6. The zero-order valence-electron chi connectivity index (χ0n) is 19.6. The molecular weight excluding hydrogens is 445 g/mol. The Bertz CT molecular complexity index is 1070. The van der Waals surface area contributed by atoms with Gasteiger partial charge in [-0.15, -0.1) is 0 Å². The van der Waals surface area contributed by atoms with Gasteiger partial charge in [-0.2, -0.15) is 18.2 Å². The number of alkyl halides is 3. The molecule has 0 spiro atoms. The van der Waals surface area contributed by atoms with Crippen LogP contribution >= 0.6 is 0 Å². The van der Waals surface area contributed by atoms with Crippen molar-refractivity contribution in [2.45, 2.75) is 46.4 Å². The highest BCUT2D eigenvalue weighted by Crippen LogP contribution is 2.37. The number of benzene rings is 2. The molecule has 1 unspecified atom stereocenters. The normalized spacial score (nSPS) is 12.4. The summed E-state index contributed by atoms with van der Waals surface area (Å²) in [6.07, 6.45) is -2.92. The average molecular weight is 475 g/mol. The molecule has 0 radical (unpaired) electrons. The number of aromatic nitrogens is 2. The lowest BCUT2D eigenvalue weighted by molar-refractivity contribution is -0.137. The Balaban J connectivity index is 1.85. The van der Waals surface area contributed by atoms with Crippen LogP contribution < -0.4 is 20.1 Å². The quantitative estimate of drug-likeness (QED) is 0.324. The van der Waals surface area contributed by atoms with Gasteiger partial charge in [-0.25, -0.2) is 4.98 Å². The molecule has 0 aliphatic heterocycles. The molecule has 6 nitrogen and oxygen atoms in total. The molecule has 0 saturated heterocycles. The van der Waals surface area contributed by atoms with Gasteiger partial charge in [0.25, 0.3) is 0 Å². The van der Waals surface area contributed by atoms with Crippen molar-refractivity contribution in [1.29, 1.82) is 0 Å². The van der Waals surface area contributed by atoms with E-state index in [4.69, 9.17) is 9.47 Å². The van der Waals surface area contributed by atoms with Crippen molar-refractivity contribution < 1.29 is 22.6 Å². The first-order valence-electron chi connectivity index (χ1n) is 11.1. The Labute approximate surface area is 197 Å². The Morgan fingerprint density at radius 3 is 2.32 bits per heavy atom. The molecule has 2 N–H and O–H groups in total. The molecule has 1 atom stereocenters. The number of nitrogens with zero attached hydrogens (tertiary/aromatic N) is 2. The lowest BCUT2D eigenvalue weighted by atomic mass is 10.2. The van der Waals surface area contributed by atoms with E-state index < -0.39 is 11.7 Å².